The van der Waals surface area contributed by atoms with Crippen molar-refractivity contribution in [2.24, 2.45) is 11.7 Å². The smallest absolute Gasteiger partial charge is 0.316 e. The van der Waals surface area contributed by atoms with E-state index in [1.807, 2.05) is 30.3 Å². The van der Waals surface area contributed by atoms with Crippen LogP contribution < -0.4 is 11.1 Å². The van der Waals surface area contributed by atoms with E-state index in [0.717, 1.165) is 21.1 Å². The number of unbranched alkanes of at least 4 members (excludes halogenated alkanes) is 5. The quantitative estimate of drug-likeness (QED) is 0.164. The fourth-order valence-electron chi connectivity index (χ4n) is 3.00. The summed E-state index contributed by atoms with van der Waals surface area (Å²) >= 11 is 2.78. The highest BCUT2D eigenvalue weighted by Crippen LogP contribution is 2.30. The van der Waals surface area contributed by atoms with E-state index in [1.165, 1.54) is 61.6 Å². The van der Waals surface area contributed by atoms with Gasteiger partial charge in [-0.05, 0) is 37.2 Å². The number of rotatable bonds is 12. The molecule has 0 aliphatic carbocycles. The molecule has 0 bridgehead atoms. The molecule has 1 heterocycles. The van der Waals surface area contributed by atoms with Crippen molar-refractivity contribution < 1.29 is 14.7 Å². The van der Waals surface area contributed by atoms with Crippen LogP contribution in [0.1, 0.15) is 45.4 Å². The van der Waals surface area contributed by atoms with Crippen LogP contribution in [0.4, 0.5) is 5.69 Å². The predicted octanol–water partition coefficient (Wildman–Crippen LogP) is 6.03. The molecule has 8 heteroatoms. The van der Waals surface area contributed by atoms with Crippen LogP contribution in [0.2, 0.25) is 0 Å². The van der Waals surface area contributed by atoms with Crippen molar-refractivity contribution in [3.8, 4) is 0 Å². The Balaban J connectivity index is 0.000000365. The van der Waals surface area contributed by atoms with Crippen molar-refractivity contribution in [2.45, 2.75) is 49.8 Å². The van der Waals surface area contributed by atoms with Crippen molar-refractivity contribution >= 4 is 50.9 Å². The van der Waals surface area contributed by atoms with Gasteiger partial charge in [-0.1, -0.05) is 81.1 Å². The van der Waals surface area contributed by atoms with E-state index in [2.05, 4.69) is 17.2 Å². The zero-order valence-electron chi connectivity index (χ0n) is 19.0. The van der Waals surface area contributed by atoms with Crippen molar-refractivity contribution in [2.75, 3.05) is 17.6 Å². The summed E-state index contributed by atoms with van der Waals surface area (Å²) in [5.41, 5.74) is 6.81. The number of hydrogen-bond donors (Lipinski definition) is 3. The lowest BCUT2D eigenvalue weighted by Crippen LogP contribution is -2.31. The number of thioether (sulfide) groups is 1. The Bertz CT molecular complexity index is 940. The van der Waals surface area contributed by atoms with Gasteiger partial charge in [0.1, 0.15) is 5.92 Å². The second-order valence-electron chi connectivity index (χ2n) is 7.56. The minimum atomic E-state index is -1.14. The van der Waals surface area contributed by atoms with Crippen LogP contribution in [-0.4, -0.2) is 34.3 Å². The van der Waals surface area contributed by atoms with Gasteiger partial charge in [0, 0.05) is 11.4 Å². The van der Waals surface area contributed by atoms with Gasteiger partial charge in [-0.2, -0.15) is 0 Å². The number of aromatic nitrogens is 1. The molecule has 1 unspecified atom stereocenters. The number of carboxylic acid groups (broad SMARTS) is 1. The fourth-order valence-corrected chi connectivity index (χ4v) is 5.17. The summed E-state index contributed by atoms with van der Waals surface area (Å²) in [5, 5.41) is 12.0. The third-order valence-corrected chi connectivity index (χ3v) is 7.13. The zero-order chi connectivity index (χ0) is 23.9. The van der Waals surface area contributed by atoms with Crippen LogP contribution in [0.3, 0.4) is 0 Å². The van der Waals surface area contributed by atoms with Gasteiger partial charge in [-0.25, -0.2) is 4.98 Å². The minimum absolute atomic E-state index is 0.133. The summed E-state index contributed by atoms with van der Waals surface area (Å²) in [4.78, 5) is 28.1. The molecule has 33 heavy (non-hydrogen) atoms. The Morgan fingerprint density at radius 2 is 1.70 bits per heavy atom. The molecule has 1 amide bonds. The molecule has 0 aliphatic heterocycles. The summed E-state index contributed by atoms with van der Waals surface area (Å²) in [7, 11) is 0. The maximum atomic E-state index is 12.2. The molecule has 1 atom stereocenters. The van der Waals surface area contributed by atoms with Gasteiger partial charge in [0.05, 0.1) is 10.2 Å². The van der Waals surface area contributed by atoms with E-state index in [4.69, 9.17) is 5.73 Å². The van der Waals surface area contributed by atoms with Crippen molar-refractivity contribution in [3.63, 3.8) is 0 Å². The Kier molecular flexibility index (Phi) is 12.5. The fraction of sp³-hybridized carbons (Fsp3) is 0.400. The number of fused-ring (bicyclic) bond motifs is 1. The van der Waals surface area contributed by atoms with Crippen molar-refractivity contribution in [1.29, 1.82) is 0 Å². The number of amides is 1. The maximum absolute atomic E-state index is 12.2. The van der Waals surface area contributed by atoms with E-state index in [-0.39, 0.29) is 5.75 Å². The van der Waals surface area contributed by atoms with Gasteiger partial charge in [-0.15, -0.1) is 11.3 Å². The second-order valence-corrected chi connectivity index (χ2v) is 9.86. The second kappa shape index (κ2) is 15.4. The third kappa shape index (κ3) is 9.94. The van der Waals surface area contributed by atoms with E-state index < -0.39 is 17.8 Å². The number of para-hydroxylation sites is 2. The number of carbonyl (C=O) groups excluding carboxylic acids is 1. The molecular formula is C25H33N3O3S2. The first kappa shape index (κ1) is 26.8. The molecule has 6 nitrogen and oxygen atoms in total. The average Bonchev–Trinajstić information content (AvgIpc) is 3.23. The lowest BCUT2D eigenvalue weighted by Gasteiger charge is -2.11. The maximum Gasteiger partial charge on any atom is 0.316 e. The number of nitrogens with one attached hydrogen (secondary N) is 1. The molecular weight excluding hydrogens is 454 g/mol. The Morgan fingerprint density at radius 1 is 1.03 bits per heavy atom. The van der Waals surface area contributed by atoms with E-state index in [1.54, 1.807) is 24.3 Å². The summed E-state index contributed by atoms with van der Waals surface area (Å²) in [6, 6.07) is 16.5. The first-order chi connectivity index (χ1) is 16.0. The number of nitrogens with two attached hydrogens (primary N) is 1. The molecule has 178 valence electrons. The lowest BCUT2D eigenvalue weighted by molar-refractivity contribution is -0.144. The highest BCUT2D eigenvalue weighted by Gasteiger charge is 2.27. The van der Waals surface area contributed by atoms with Crippen LogP contribution in [0.5, 0.6) is 0 Å². The first-order valence-corrected chi connectivity index (χ1v) is 13.1. The first-order valence-electron chi connectivity index (χ1n) is 11.3. The van der Waals surface area contributed by atoms with Crippen LogP contribution in [0.25, 0.3) is 10.2 Å². The normalized spacial score (nSPS) is 11.5. The Labute approximate surface area is 204 Å². The van der Waals surface area contributed by atoms with E-state index >= 15 is 0 Å². The van der Waals surface area contributed by atoms with Crippen LogP contribution in [-0.2, 0) is 9.59 Å². The van der Waals surface area contributed by atoms with Gasteiger partial charge in [0.2, 0.25) is 5.91 Å². The van der Waals surface area contributed by atoms with Gasteiger partial charge in [-0.3, -0.25) is 9.59 Å². The molecule has 0 spiro atoms. The summed E-state index contributed by atoms with van der Waals surface area (Å²) < 4.78 is 1.80. The highest BCUT2D eigenvalue weighted by atomic mass is 32.2. The topological polar surface area (TPSA) is 105 Å². The molecule has 0 saturated heterocycles. The van der Waals surface area contributed by atoms with Gasteiger partial charge in [0.25, 0.3) is 0 Å². The monoisotopic (exact) mass is 487 g/mol. The number of carboxylic acids is 1. The predicted molar refractivity (Wildman–Crippen MR) is 139 cm³/mol. The number of anilines is 1. The molecule has 0 fully saturated rings. The molecule has 3 rings (SSSR count). The molecule has 2 aromatic carbocycles. The number of aliphatic carboxylic acids is 1. The number of carbonyl (C=O) groups is 2. The Hall–Kier alpha value is -2.42. The van der Waals surface area contributed by atoms with Gasteiger partial charge in [0.15, 0.2) is 4.34 Å². The summed E-state index contributed by atoms with van der Waals surface area (Å²) in [6.07, 6.45) is 8.05. The standard InChI is InChI=1S/C17H14N2O3S2.C8H19N/c20-15(18-11-6-2-1-3-7-11)12(16(21)22)10-23-17-19-13-8-4-5-9-14(13)24-17;1-2-3-4-5-6-7-8-9/h1-9,12H,10H2,(H,18,20)(H,21,22);2-9H2,1H3. The molecule has 0 radical (unpaired) electrons. The third-order valence-electron chi connectivity index (χ3n) is 4.86. The zero-order valence-corrected chi connectivity index (χ0v) is 20.7. The lowest BCUT2D eigenvalue weighted by atomic mass is 10.1. The van der Waals surface area contributed by atoms with Gasteiger partial charge < -0.3 is 16.2 Å². The van der Waals surface area contributed by atoms with Crippen molar-refractivity contribution in [1.82, 2.24) is 4.98 Å². The molecule has 0 saturated carbocycles. The van der Waals surface area contributed by atoms with Gasteiger partial charge >= 0.3 is 5.97 Å². The summed E-state index contributed by atoms with van der Waals surface area (Å²) in [5.74, 6) is -2.67. The molecule has 3 aromatic rings. The van der Waals surface area contributed by atoms with E-state index in [0.29, 0.717) is 5.69 Å². The van der Waals surface area contributed by atoms with Crippen molar-refractivity contribution in [3.05, 3.63) is 54.6 Å². The molecule has 1 aromatic heterocycles. The van der Waals surface area contributed by atoms with E-state index in [9.17, 15) is 14.7 Å². The number of hydrogen-bond acceptors (Lipinski definition) is 6. The Morgan fingerprint density at radius 3 is 2.36 bits per heavy atom. The number of benzene rings is 2. The molecule has 0 aliphatic rings. The number of nitrogens with zero attached hydrogens (tertiary/aromatic N) is 1. The summed E-state index contributed by atoms with van der Waals surface area (Å²) in [6.45, 7) is 3.11. The minimum Gasteiger partial charge on any atom is -0.481 e. The molecule has 4 N–H and O–H groups in total. The average molecular weight is 488 g/mol. The van der Waals surface area contributed by atoms with Crippen LogP contribution in [0.15, 0.2) is 58.9 Å². The largest absolute Gasteiger partial charge is 0.481 e. The highest BCUT2D eigenvalue weighted by molar-refractivity contribution is 8.01. The van der Waals surface area contributed by atoms with Crippen LogP contribution >= 0.6 is 23.1 Å². The number of thiazole rings is 1. The SMILES string of the molecule is CCCCCCCCN.O=C(O)C(CSc1nc2ccccc2s1)C(=O)Nc1ccccc1. The van der Waals surface area contributed by atoms with Crippen LogP contribution in [0, 0.1) is 5.92 Å².